The minimum absolute atomic E-state index is 0. The van der Waals surface area contributed by atoms with E-state index >= 15 is 0 Å². The van der Waals surface area contributed by atoms with Crippen LogP contribution < -0.4 is 5.73 Å². The van der Waals surface area contributed by atoms with Crippen LogP contribution in [-0.4, -0.2) is 6.54 Å². The van der Waals surface area contributed by atoms with Gasteiger partial charge in [0, 0.05) is 0 Å². The Balaban J connectivity index is 0.000000980. The van der Waals surface area contributed by atoms with Crippen molar-refractivity contribution in [1.29, 1.82) is 0 Å². The highest BCUT2D eigenvalue weighted by molar-refractivity contribution is 7.17. The van der Waals surface area contributed by atoms with E-state index in [0.29, 0.717) is 6.54 Å². The van der Waals surface area contributed by atoms with Gasteiger partial charge in [0.15, 0.2) is 0 Å². The molecule has 0 bridgehead atoms. The van der Waals surface area contributed by atoms with Crippen LogP contribution in [0.5, 0.6) is 0 Å². The fraction of sp³-hybridized carbons (Fsp3) is 0.200. The molecule has 1 heterocycles. The van der Waals surface area contributed by atoms with Crippen LogP contribution in [0.1, 0.15) is 5.56 Å². The van der Waals surface area contributed by atoms with Crippen LogP contribution in [0.25, 0.3) is 10.1 Å². The highest BCUT2D eigenvalue weighted by Gasteiger charge is 2.02. The van der Waals surface area contributed by atoms with Crippen molar-refractivity contribution < 1.29 is 0 Å². The molecule has 1 aromatic carbocycles. The molecule has 0 aliphatic carbocycles. The molecule has 1 aromatic heterocycles. The fourth-order valence-electron chi connectivity index (χ4n) is 1.41. The first-order valence-corrected chi connectivity index (χ1v) is 5.42. The molecule has 0 fully saturated rings. The third-order valence-electron chi connectivity index (χ3n) is 2.00. The first kappa shape index (κ1) is 11.8. The van der Waals surface area contributed by atoms with E-state index in [1.54, 1.807) is 11.3 Å². The summed E-state index contributed by atoms with van der Waals surface area (Å²) in [5, 5.41) is 4.12. The average Bonchev–Trinajstić information content (AvgIpc) is 2.53. The van der Waals surface area contributed by atoms with Crippen molar-refractivity contribution in [3.8, 4) is 0 Å². The van der Waals surface area contributed by atoms with E-state index in [9.17, 15) is 0 Å². The second kappa shape index (κ2) is 4.99. The Hall–Kier alpha value is -0.280. The number of nitrogens with two attached hydrogens (primary N) is 1. The molecule has 0 unspecified atom stereocenters. The maximum Gasteiger partial charge on any atom is 0.0587 e. The van der Waals surface area contributed by atoms with Crippen molar-refractivity contribution in [2.75, 3.05) is 6.54 Å². The van der Waals surface area contributed by atoms with Gasteiger partial charge in [0.05, 0.1) is 9.72 Å². The highest BCUT2D eigenvalue weighted by Crippen LogP contribution is 2.30. The number of thiophene rings is 1. The molecule has 14 heavy (non-hydrogen) atoms. The van der Waals surface area contributed by atoms with E-state index < -0.39 is 0 Å². The Kier molecular flexibility index (Phi) is 4.20. The number of benzene rings is 1. The SMILES string of the molecule is Cl.NCCc1cc(Cl)c2sccc2c1. The van der Waals surface area contributed by atoms with Crippen LogP contribution in [0, 0.1) is 0 Å². The Morgan fingerprint density at radius 1 is 1.36 bits per heavy atom. The summed E-state index contributed by atoms with van der Waals surface area (Å²) in [5.41, 5.74) is 6.71. The van der Waals surface area contributed by atoms with Gasteiger partial charge in [-0.15, -0.1) is 23.7 Å². The molecule has 0 spiro atoms. The molecule has 4 heteroatoms. The summed E-state index contributed by atoms with van der Waals surface area (Å²) < 4.78 is 1.17. The third-order valence-corrected chi connectivity index (χ3v) is 3.37. The topological polar surface area (TPSA) is 26.0 Å². The predicted octanol–water partition coefficient (Wildman–Crippen LogP) is 3.48. The van der Waals surface area contributed by atoms with Crippen molar-refractivity contribution in [3.63, 3.8) is 0 Å². The molecular formula is C10H11Cl2NS. The molecule has 2 aromatic rings. The van der Waals surface area contributed by atoms with Gasteiger partial charge >= 0.3 is 0 Å². The first-order chi connectivity index (χ1) is 6.31. The summed E-state index contributed by atoms with van der Waals surface area (Å²) >= 11 is 7.79. The molecular weight excluding hydrogens is 237 g/mol. The van der Waals surface area contributed by atoms with E-state index in [4.69, 9.17) is 17.3 Å². The van der Waals surface area contributed by atoms with Gasteiger partial charge in [0.2, 0.25) is 0 Å². The second-order valence-electron chi connectivity index (χ2n) is 2.96. The highest BCUT2D eigenvalue weighted by atomic mass is 35.5. The van der Waals surface area contributed by atoms with Crippen LogP contribution in [-0.2, 0) is 6.42 Å². The summed E-state index contributed by atoms with van der Waals surface area (Å²) in [6.45, 7) is 0.673. The molecule has 0 amide bonds. The van der Waals surface area contributed by atoms with Crippen LogP contribution in [0.2, 0.25) is 5.02 Å². The van der Waals surface area contributed by atoms with Crippen molar-refractivity contribution in [2.45, 2.75) is 6.42 Å². The summed E-state index contributed by atoms with van der Waals surface area (Å²) in [6.07, 6.45) is 0.894. The lowest BCUT2D eigenvalue weighted by Crippen LogP contribution is -2.02. The fourth-order valence-corrected chi connectivity index (χ4v) is 2.58. The van der Waals surface area contributed by atoms with Crippen LogP contribution in [0.15, 0.2) is 23.6 Å². The summed E-state index contributed by atoms with van der Waals surface area (Å²) in [7, 11) is 0. The van der Waals surface area contributed by atoms with Gasteiger partial charge in [-0.2, -0.15) is 0 Å². The van der Waals surface area contributed by atoms with Crippen molar-refractivity contribution in [3.05, 3.63) is 34.2 Å². The smallest absolute Gasteiger partial charge is 0.0587 e. The molecule has 0 saturated heterocycles. The van der Waals surface area contributed by atoms with E-state index in [1.807, 2.05) is 6.07 Å². The lowest BCUT2D eigenvalue weighted by molar-refractivity contribution is 0.971. The monoisotopic (exact) mass is 247 g/mol. The Bertz CT molecular complexity index is 425. The van der Waals surface area contributed by atoms with Gasteiger partial charge in [-0.1, -0.05) is 17.7 Å². The molecule has 0 aliphatic rings. The van der Waals surface area contributed by atoms with Crippen molar-refractivity contribution >= 4 is 45.4 Å². The third kappa shape index (κ3) is 2.20. The number of halogens is 2. The van der Waals surface area contributed by atoms with E-state index in [1.165, 1.54) is 15.6 Å². The molecule has 2 rings (SSSR count). The second-order valence-corrected chi connectivity index (χ2v) is 4.28. The molecule has 0 radical (unpaired) electrons. The minimum Gasteiger partial charge on any atom is -0.330 e. The lowest BCUT2D eigenvalue weighted by Gasteiger charge is -2.00. The molecule has 76 valence electrons. The van der Waals surface area contributed by atoms with E-state index in [2.05, 4.69) is 17.5 Å². The van der Waals surface area contributed by atoms with E-state index in [0.717, 1.165) is 11.4 Å². The van der Waals surface area contributed by atoms with Crippen molar-refractivity contribution in [1.82, 2.24) is 0 Å². The summed E-state index contributed by atoms with van der Waals surface area (Å²) in [5.74, 6) is 0. The lowest BCUT2D eigenvalue weighted by atomic mass is 10.1. The zero-order chi connectivity index (χ0) is 9.26. The molecule has 0 aliphatic heterocycles. The minimum atomic E-state index is 0. The zero-order valence-corrected chi connectivity index (χ0v) is 9.88. The molecule has 1 nitrogen and oxygen atoms in total. The van der Waals surface area contributed by atoms with Gasteiger partial charge in [-0.3, -0.25) is 0 Å². The van der Waals surface area contributed by atoms with E-state index in [-0.39, 0.29) is 12.4 Å². The maximum absolute atomic E-state index is 6.11. The van der Waals surface area contributed by atoms with Gasteiger partial charge in [-0.05, 0) is 41.4 Å². The van der Waals surface area contributed by atoms with Crippen molar-refractivity contribution in [2.24, 2.45) is 5.73 Å². The van der Waals surface area contributed by atoms with Gasteiger partial charge in [-0.25, -0.2) is 0 Å². The Morgan fingerprint density at radius 2 is 2.14 bits per heavy atom. The Morgan fingerprint density at radius 3 is 2.86 bits per heavy atom. The zero-order valence-electron chi connectivity index (χ0n) is 7.50. The van der Waals surface area contributed by atoms with Crippen LogP contribution >= 0.6 is 35.3 Å². The quantitative estimate of drug-likeness (QED) is 0.865. The number of rotatable bonds is 2. The van der Waals surface area contributed by atoms with Crippen LogP contribution in [0.3, 0.4) is 0 Å². The standard InChI is InChI=1S/C10H10ClNS.ClH/c11-9-6-7(1-3-12)5-8-2-4-13-10(8)9;/h2,4-6H,1,3,12H2;1H. The predicted molar refractivity (Wildman–Crippen MR) is 66.8 cm³/mol. The normalized spacial score (nSPS) is 10.1. The summed E-state index contributed by atoms with van der Waals surface area (Å²) in [4.78, 5) is 0. The number of fused-ring (bicyclic) bond motifs is 1. The first-order valence-electron chi connectivity index (χ1n) is 4.17. The average molecular weight is 248 g/mol. The number of hydrogen-bond acceptors (Lipinski definition) is 2. The summed E-state index contributed by atoms with van der Waals surface area (Å²) in [6, 6.07) is 6.25. The van der Waals surface area contributed by atoms with Gasteiger partial charge in [0.25, 0.3) is 0 Å². The molecule has 2 N–H and O–H groups in total. The Labute approximate surface area is 98.3 Å². The molecule has 0 atom stereocenters. The van der Waals surface area contributed by atoms with Gasteiger partial charge in [0.1, 0.15) is 0 Å². The van der Waals surface area contributed by atoms with Gasteiger partial charge < -0.3 is 5.73 Å². The van der Waals surface area contributed by atoms with Crippen LogP contribution in [0.4, 0.5) is 0 Å². The number of hydrogen-bond donors (Lipinski definition) is 1. The maximum atomic E-state index is 6.11. The largest absolute Gasteiger partial charge is 0.330 e. The molecule has 0 saturated carbocycles.